The van der Waals surface area contributed by atoms with Gasteiger partial charge in [0.25, 0.3) is 11.5 Å². The molecule has 2 heterocycles. The molecular formula is C12H11N3O3. The summed E-state index contributed by atoms with van der Waals surface area (Å²) in [5, 5.41) is 12.1. The third-order valence-corrected chi connectivity index (χ3v) is 2.41. The van der Waals surface area contributed by atoms with Gasteiger partial charge in [0.1, 0.15) is 11.3 Å². The third kappa shape index (κ3) is 2.22. The van der Waals surface area contributed by atoms with E-state index in [0.717, 1.165) is 0 Å². The van der Waals surface area contributed by atoms with E-state index in [0.29, 0.717) is 5.69 Å². The number of carbonyl (C=O) groups excluding carboxylic acids is 1. The summed E-state index contributed by atoms with van der Waals surface area (Å²) >= 11 is 0. The highest BCUT2D eigenvalue weighted by Crippen LogP contribution is 2.13. The quantitative estimate of drug-likeness (QED) is 0.817. The molecule has 6 heteroatoms. The maximum atomic E-state index is 11.9. The summed E-state index contributed by atoms with van der Waals surface area (Å²) in [6, 6.07) is 4.47. The predicted octanol–water partition coefficient (Wildman–Crippen LogP) is 0.738. The summed E-state index contributed by atoms with van der Waals surface area (Å²) in [7, 11) is 1.50. The van der Waals surface area contributed by atoms with Crippen LogP contribution in [0.1, 0.15) is 10.4 Å². The van der Waals surface area contributed by atoms with Crippen molar-refractivity contribution in [2.24, 2.45) is 7.05 Å². The first-order valence-electron chi connectivity index (χ1n) is 5.19. The zero-order valence-corrected chi connectivity index (χ0v) is 9.62. The fourth-order valence-corrected chi connectivity index (χ4v) is 1.46. The van der Waals surface area contributed by atoms with Crippen molar-refractivity contribution in [3.63, 3.8) is 0 Å². The number of rotatable bonds is 2. The smallest absolute Gasteiger partial charge is 0.266 e. The van der Waals surface area contributed by atoms with Crippen LogP contribution in [-0.4, -0.2) is 20.6 Å². The van der Waals surface area contributed by atoms with E-state index in [9.17, 15) is 14.7 Å². The molecule has 0 atom stereocenters. The number of aryl methyl sites for hydroxylation is 1. The van der Waals surface area contributed by atoms with Gasteiger partial charge in [0.2, 0.25) is 0 Å². The predicted molar refractivity (Wildman–Crippen MR) is 65.5 cm³/mol. The van der Waals surface area contributed by atoms with Crippen molar-refractivity contribution in [1.82, 2.24) is 9.55 Å². The number of nitrogens with one attached hydrogen (secondary N) is 1. The summed E-state index contributed by atoms with van der Waals surface area (Å²) < 4.78 is 1.22. The van der Waals surface area contributed by atoms with Crippen LogP contribution < -0.4 is 10.9 Å². The summed E-state index contributed by atoms with van der Waals surface area (Å²) in [5.41, 5.74) is -0.335. The average Bonchev–Trinajstić information content (AvgIpc) is 2.36. The first-order chi connectivity index (χ1) is 8.59. The van der Waals surface area contributed by atoms with Crippen molar-refractivity contribution in [3.05, 3.63) is 52.7 Å². The summed E-state index contributed by atoms with van der Waals surface area (Å²) in [6.07, 6.45) is 4.41. The lowest BCUT2D eigenvalue weighted by Crippen LogP contribution is -2.27. The number of amides is 1. The van der Waals surface area contributed by atoms with E-state index in [1.807, 2.05) is 0 Å². The minimum absolute atomic E-state index is 0.281. The Balaban J connectivity index is 2.36. The van der Waals surface area contributed by atoms with Gasteiger partial charge in [-0.05, 0) is 18.2 Å². The number of hydrogen-bond acceptors (Lipinski definition) is 4. The molecule has 2 aromatic heterocycles. The molecule has 0 aliphatic rings. The highest BCUT2D eigenvalue weighted by atomic mass is 16.3. The molecule has 0 aliphatic heterocycles. The Bertz CT molecular complexity index is 635. The monoisotopic (exact) mass is 245 g/mol. The fraction of sp³-hybridized carbons (Fsp3) is 0.0833. The lowest BCUT2D eigenvalue weighted by molar-refractivity contribution is 0.102. The second-order valence-electron chi connectivity index (χ2n) is 3.68. The SMILES string of the molecule is Cn1ccc(O)c(C(=O)Nc2ccncc2)c1=O. The molecule has 92 valence electrons. The number of anilines is 1. The van der Waals surface area contributed by atoms with Gasteiger partial charge in [-0.2, -0.15) is 0 Å². The van der Waals surface area contributed by atoms with Gasteiger partial charge in [-0.3, -0.25) is 14.6 Å². The Morgan fingerprint density at radius 2 is 2.00 bits per heavy atom. The van der Waals surface area contributed by atoms with Gasteiger partial charge in [-0.15, -0.1) is 0 Å². The van der Waals surface area contributed by atoms with Gasteiger partial charge in [-0.25, -0.2) is 0 Å². The Labute approximate surface area is 103 Å². The van der Waals surface area contributed by atoms with E-state index in [1.54, 1.807) is 12.1 Å². The van der Waals surface area contributed by atoms with Crippen molar-refractivity contribution >= 4 is 11.6 Å². The molecule has 2 N–H and O–H groups in total. The van der Waals surface area contributed by atoms with Crippen molar-refractivity contribution in [1.29, 1.82) is 0 Å². The van der Waals surface area contributed by atoms with Gasteiger partial charge < -0.3 is 15.0 Å². The molecule has 6 nitrogen and oxygen atoms in total. The molecular weight excluding hydrogens is 234 g/mol. The second kappa shape index (κ2) is 4.70. The zero-order valence-electron chi connectivity index (χ0n) is 9.62. The first-order valence-corrected chi connectivity index (χ1v) is 5.19. The molecule has 0 fully saturated rings. The molecule has 2 aromatic rings. The highest BCUT2D eigenvalue weighted by Gasteiger charge is 2.16. The molecule has 0 aromatic carbocycles. The average molecular weight is 245 g/mol. The topological polar surface area (TPSA) is 84.2 Å². The molecule has 0 unspecified atom stereocenters. The number of aromatic hydroxyl groups is 1. The van der Waals surface area contributed by atoms with Crippen LogP contribution in [0, 0.1) is 0 Å². The Hall–Kier alpha value is -2.63. The van der Waals surface area contributed by atoms with Gasteiger partial charge in [0.05, 0.1) is 0 Å². The minimum Gasteiger partial charge on any atom is -0.507 e. The van der Waals surface area contributed by atoms with Crippen molar-refractivity contribution in [2.45, 2.75) is 0 Å². The van der Waals surface area contributed by atoms with Crippen LogP contribution in [0.5, 0.6) is 5.75 Å². The Kier molecular flexibility index (Phi) is 3.09. The number of aromatic nitrogens is 2. The molecule has 0 radical (unpaired) electrons. The number of pyridine rings is 2. The van der Waals surface area contributed by atoms with E-state index >= 15 is 0 Å². The Morgan fingerprint density at radius 3 is 2.67 bits per heavy atom. The molecule has 0 bridgehead atoms. The van der Waals surface area contributed by atoms with Crippen LogP contribution in [-0.2, 0) is 7.05 Å². The van der Waals surface area contributed by atoms with Crippen LogP contribution in [0.3, 0.4) is 0 Å². The third-order valence-electron chi connectivity index (χ3n) is 2.41. The maximum absolute atomic E-state index is 11.9. The van der Waals surface area contributed by atoms with Crippen LogP contribution in [0.15, 0.2) is 41.6 Å². The molecule has 0 saturated heterocycles. The molecule has 2 rings (SSSR count). The van der Waals surface area contributed by atoms with Gasteiger partial charge >= 0.3 is 0 Å². The zero-order chi connectivity index (χ0) is 13.1. The molecule has 0 spiro atoms. The largest absolute Gasteiger partial charge is 0.507 e. The van der Waals surface area contributed by atoms with Crippen LogP contribution >= 0.6 is 0 Å². The maximum Gasteiger partial charge on any atom is 0.266 e. The highest BCUT2D eigenvalue weighted by molar-refractivity contribution is 6.05. The van der Waals surface area contributed by atoms with E-state index in [1.165, 1.54) is 36.3 Å². The number of carbonyl (C=O) groups is 1. The Morgan fingerprint density at radius 1 is 1.33 bits per heavy atom. The van der Waals surface area contributed by atoms with Crippen LogP contribution in [0.2, 0.25) is 0 Å². The van der Waals surface area contributed by atoms with Crippen molar-refractivity contribution in [3.8, 4) is 5.75 Å². The number of hydrogen-bond donors (Lipinski definition) is 2. The van der Waals surface area contributed by atoms with Crippen molar-refractivity contribution in [2.75, 3.05) is 5.32 Å². The normalized spacial score (nSPS) is 10.1. The van der Waals surface area contributed by atoms with E-state index in [2.05, 4.69) is 10.3 Å². The van der Waals surface area contributed by atoms with Crippen LogP contribution in [0.4, 0.5) is 5.69 Å². The minimum atomic E-state index is -0.653. The van der Waals surface area contributed by atoms with Gasteiger partial charge in [0.15, 0.2) is 0 Å². The standard InChI is InChI=1S/C12H11N3O3/c1-15-7-4-9(16)10(12(15)18)11(17)14-8-2-5-13-6-3-8/h2-7,16H,1H3,(H,13,14,17). The van der Waals surface area contributed by atoms with Crippen molar-refractivity contribution < 1.29 is 9.90 Å². The molecule has 0 saturated carbocycles. The summed E-state index contributed by atoms with van der Waals surface area (Å²) in [5.74, 6) is -0.996. The van der Waals surface area contributed by atoms with E-state index < -0.39 is 11.5 Å². The molecule has 18 heavy (non-hydrogen) atoms. The second-order valence-corrected chi connectivity index (χ2v) is 3.68. The fourth-order valence-electron chi connectivity index (χ4n) is 1.46. The molecule has 1 amide bonds. The lowest BCUT2D eigenvalue weighted by atomic mass is 10.2. The summed E-state index contributed by atoms with van der Waals surface area (Å²) in [6.45, 7) is 0. The van der Waals surface area contributed by atoms with Gasteiger partial charge in [-0.1, -0.05) is 0 Å². The number of nitrogens with zero attached hydrogens (tertiary/aromatic N) is 2. The van der Waals surface area contributed by atoms with Crippen LogP contribution in [0.25, 0.3) is 0 Å². The van der Waals surface area contributed by atoms with Gasteiger partial charge in [0, 0.05) is 31.3 Å². The molecule has 0 aliphatic carbocycles. The van der Waals surface area contributed by atoms with E-state index in [-0.39, 0.29) is 11.3 Å². The lowest BCUT2D eigenvalue weighted by Gasteiger charge is -2.07. The van der Waals surface area contributed by atoms with E-state index in [4.69, 9.17) is 0 Å². The summed E-state index contributed by atoms with van der Waals surface area (Å²) in [4.78, 5) is 27.5. The first kappa shape index (κ1) is 11.8.